The van der Waals surface area contributed by atoms with Crippen LogP contribution in [0, 0.1) is 0 Å². The summed E-state index contributed by atoms with van der Waals surface area (Å²) in [6, 6.07) is 17.1. The molecule has 2 rings (SSSR count). The van der Waals surface area contributed by atoms with E-state index in [4.69, 9.17) is 4.74 Å². The Morgan fingerprint density at radius 2 is 1.57 bits per heavy atom. The quantitative estimate of drug-likeness (QED) is 0.605. The third kappa shape index (κ3) is 7.05. The summed E-state index contributed by atoms with van der Waals surface area (Å²) < 4.78 is 5.07. The molecule has 2 aromatic carbocycles. The molecule has 0 bridgehead atoms. The molecule has 0 saturated carbocycles. The fourth-order valence-corrected chi connectivity index (χ4v) is 2.63. The van der Waals surface area contributed by atoms with E-state index in [9.17, 15) is 19.2 Å². The third-order valence-electron chi connectivity index (χ3n) is 4.36. The highest BCUT2D eigenvalue weighted by Gasteiger charge is 2.21. The Kier molecular flexibility index (Phi) is 8.56. The molecule has 0 aliphatic carbocycles. The van der Waals surface area contributed by atoms with E-state index in [-0.39, 0.29) is 24.8 Å². The van der Waals surface area contributed by atoms with E-state index >= 15 is 0 Å². The molecular formula is C22H25N3O5. The van der Waals surface area contributed by atoms with Crippen LogP contribution >= 0.6 is 0 Å². The van der Waals surface area contributed by atoms with Gasteiger partial charge in [0.1, 0.15) is 0 Å². The number of hydrogen-bond acceptors (Lipinski definition) is 5. The Labute approximate surface area is 175 Å². The van der Waals surface area contributed by atoms with E-state index in [1.807, 2.05) is 6.07 Å². The Morgan fingerprint density at radius 1 is 0.967 bits per heavy atom. The predicted octanol–water partition coefficient (Wildman–Crippen LogP) is 1.30. The molecule has 0 heterocycles. The molecule has 0 aromatic heterocycles. The van der Waals surface area contributed by atoms with Crippen LogP contribution in [0.3, 0.4) is 0 Å². The van der Waals surface area contributed by atoms with Crippen LogP contribution in [-0.4, -0.2) is 55.8 Å². The van der Waals surface area contributed by atoms with Gasteiger partial charge in [0, 0.05) is 19.7 Å². The summed E-state index contributed by atoms with van der Waals surface area (Å²) in [5.74, 6) is -1.79. The van der Waals surface area contributed by atoms with Crippen molar-refractivity contribution in [2.24, 2.45) is 0 Å². The van der Waals surface area contributed by atoms with E-state index < -0.39 is 24.5 Å². The van der Waals surface area contributed by atoms with Crippen molar-refractivity contribution in [1.29, 1.82) is 0 Å². The maximum absolute atomic E-state index is 12.5. The average molecular weight is 411 g/mol. The lowest BCUT2D eigenvalue weighted by Crippen LogP contribution is -2.39. The maximum atomic E-state index is 12.5. The summed E-state index contributed by atoms with van der Waals surface area (Å²) in [5, 5.41) is 5.25. The SMILES string of the molecule is CNC(=O)CN(C)C(=O)COC(=O)C[C@@H](NC(=O)c1ccccc1)c1ccccc1. The van der Waals surface area contributed by atoms with Gasteiger partial charge in [0.2, 0.25) is 5.91 Å². The van der Waals surface area contributed by atoms with Gasteiger partial charge in [-0.2, -0.15) is 0 Å². The topological polar surface area (TPSA) is 105 Å². The first kappa shape index (κ1) is 22.6. The number of rotatable bonds is 9. The van der Waals surface area contributed by atoms with Crippen LogP contribution in [0.15, 0.2) is 60.7 Å². The number of ether oxygens (including phenoxy) is 1. The number of benzene rings is 2. The van der Waals surface area contributed by atoms with Crippen molar-refractivity contribution < 1.29 is 23.9 Å². The summed E-state index contributed by atoms with van der Waals surface area (Å²) in [5.41, 5.74) is 1.21. The average Bonchev–Trinajstić information content (AvgIpc) is 2.77. The highest BCUT2D eigenvalue weighted by atomic mass is 16.5. The van der Waals surface area contributed by atoms with Crippen LogP contribution in [0.25, 0.3) is 0 Å². The van der Waals surface area contributed by atoms with Crippen LogP contribution in [0.5, 0.6) is 0 Å². The Morgan fingerprint density at radius 3 is 2.17 bits per heavy atom. The molecule has 158 valence electrons. The number of nitrogens with zero attached hydrogens (tertiary/aromatic N) is 1. The van der Waals surface area contributed by atoms with E-state index in [1.54, 1.807) is 54.6 Å². The molecule has 2 N–H and O–H groups in total. The van der Waals surface area contributed by atoms with Gasteiger partial charge in [0.15, 0.2) is 6.61 Å². The Bertz CT molecular complexity index is 871. The number of esters is 1. The van der Waals surface area contributed by atoms with Crippen LogP contribution in [-0.2, 0) is 19.1 Å². The van der Waals surface area contributed by atoms with Gasteiger partial charge >= 0.3 is 5.97 Å². The zero-order chi connectivity index (χ0) is 21.9. The largest absolute Gasteiger partial charge is 0.455 e. The van der Waals surface area contributed by atoms with Gasteiger partial charge < -0.3 is 20.3 Å². The van der Waals surface area contributed by atoms with E-state index in [1.165, 1.54) is 14.1 Å². The van der Waals surface area contributed by atoms with Crippen LogP contribution in [0.2, 0.25) is 0 Å². The summed E-state index contributed by atoms with van der Waals surface area (Å²) >= 11 is 0. The number of nitrogens with one attached hydrogen (secondary N) is 2. The predicted molar refractivity (Wildman–Crippen MR) is 110 cm³/mol. The van der Waals surface area contributed by atoms with Crippen molar-refractivity contribution in [2.75, 3.05) is 27.2 Å². The standard InChI is InChI=1S/C22H25N3O5/c1-23-19(26)14-25(2)20(27)15-30-21(28)13-18(16-9-5-3-6-10-16)24-22(29)17-11-7-4-8-12-17/h3-12,18H,13-15H2,1-2H3,(H,23,26)(H,24,29)/t18-/m1/s1. The second-order valence-corrected chi connectivity index (χ2v) is 6.59. The summed E-state index contributed by atoms with van der Waals surface area (Å²) in [6.07, 6.45) is -0.144. The monoisotopic (exact) mass is 411 g/mol. The molecule has 0 unspecified atom stereocenters. The molecule has 0 aliphatic heterocycles. The van der Waals surface area contributed by atoms with Gasteiger partial charge in [-0.1, -0.05) is 48.5 Å². The molecule has 8 nitrogen and oxygen atoms in total. The lowest BCUT2D eigenvalue weighted by Gasteiger charge is -2.19. The fraction of sp³-hybridized carbons (Fsp3) is 0.273. The number of carbonyl (C=O) groups is 4. The Balaban J connectivity index is 1.98. The molecule has 30 heavy (non-hydrogen) atoms. The first-order valence-electron chi connectivity index (χ1n) is 9.41. The summed E-state index contributed by atoms with van der Waals surface area (Å²) in [4.78, 5) is 49.4. The highest BCUT2D eigenvalue weighted by molar-refractivity contribution is 5.94. The lowest BCUT2D eigenvalue weighted by molar-refractivity contribution is -0.152. The van der Waals surface area contributed by atoms with E-state index in [0.717, 1.165) is 10.5 Å². The summed E-state index contributed by atoms with van der Waals surface area (Å²) in [7, 11) is 2.91. The minimum absolute atomic E-state index is 0.132. The maximum Gasteiger partial charge on any atom is 0.308 e. The van der Waals surface area contributed by atoms with Crippen LogP contribution in [0.4, 0.5) is 0 Å². The smallest absolute Gasteiger partial charge is 0.308 e. The van der Waals surface area contributed by atoms with E-state index in [2.05, 4.69) is 10.6 Å². The molecule has 3 amide bonds. The lowest BCUT2D eigenvalue weighted by atomic mass is 10.0. The van der Waals surface area contributed by atoms with E-state index in [0.29, 0.717) is 5.56 Å². The van der Waals surface area contributed by atoms with Gasteiger partial charge in [-0.3, -0.25) is 19.2 Å². The van der Waals surface area contributed by atoms with Gasteiger partial charge in [0.25, 0.3) is 11.8 Å². The number of hydrogen-bond donors (Lipinski definition) is 2. The molecule has 0 radical (unpaired) electrons. The number of amides is 3. The van der Waals surface area contributed by atoms with Gasteiger partial charge in [0.05, 0.1) is 19.0 Å². The number of carbonyl (C=O) groups excluding carboxylic acids is 4. The van der Waals surface area contributed by atoms with Gasteiger partial charge in [-0.25, -0.2) is 0 Å². The van der Waals surface area contributed by atoms with Crippen molar-refractivity contribution in [2.45, 2.75) is 12.5 Å². The zero-order valence-corrected chi connectivity index (χ0v) is 17.0. The van der Waals surface area contributed by atoms with Crippen molar-refractivity contribution in [3.05, 3.63) is 71.8 Å². The normalized spacial score (nSPS) is 11.1. The molecular weight excluding hydrogens is 386 g/mol. The van der Waals surface area contributed by atoms with Crippen molar-refractivity contribution in [3.8, 4) is 0 Å². The highest BCUT2D eigenvalue weighted by Crippen LogP contribution is 2.18. The van der Waals surface area contributed by atoms with Crippen molar-refractivity contribution >= 4 is 23.7 Å². The second-order valence-electron chi connectivity index (χ2n) is 6.59. The van der Waals surface area contributed by atoms with Crippen LogP contribution in [0.1, 0.15) is 28.4 Å². The minimum Gasteiger partial charge on any atom is -0.455 e. The third-order valence-corrected chi connectivity index (χ3v) is 4.36. The molecule has 0 fully saturated rings. The van der Waals surface area contributed by atoms with Gasteiger partial charge in [-0.05, 0) is 17.7 Å². The van der Waals surface area contributed by atoms with Crippen molar-refractivity contribution in [1.82, 2.24) is 15.5 Å². The van der Waals surface area contributed by atoms with Crippen LogP contribution < -0.4 is 10.6 Å². The fourth-order valence-electron chi connectivity index (χ4n) is 2.63. The number of likely N-dealkylation sites (N-methyl/N-ethyl adjacent to an activating group) is 2. The van der Waals surface area contributed by atoms with Crippen molar-refractivity contribution in [3.63, 3.8) is 0 Å². The first-order valence-corrected chi connectivity index (χ1v) is 9.41. The molecule has 1 atom stereocenters. The van der Waals surface area contributed by atoms with Gasteiger partial charge in [-0.15, -0.1) is 0 Å². The molecule has 0 aliphatic rings. The Hall–Kier alpha value is -3.68. The molecule has 2 aromatic rings. The summed E-state index contributed by atoms with van der Waals surface area (Å²) in [6.45, 7) is -0.618. The zero-order valence-electron chi connectivity index (χ0n) is 17.0. The minimum atomic E-state index is -0.640. The molecule has 8 heteroatoms. The second kappa shape index (κ2) is 11.4. The first-order chi connectivity index (χ1) is 14.4. The molecule has 0 saturated heterocycles. The molecule has 0 spiro atoms.